The molecule has 154 valence electrons. The van der Waals surface area contributed by atoms with E-state index >= 15 is 0 Å². The lowest BCUT2D eigenvalue weighted by Gasteiger charge is -2.35. The van der Waals surface area contributed by atoms with Crippen LogP contribution in [0.4, 0.5) is 0 Å². The SMILES string of the molecule is C[C@@](ON)(C(=O)O)[C@H]1CCc2cc(C(N)=NCC3CCC(N)CC3)ccc2O1. The van der Waals surface area contributed by atoms with Crippen LogP contribution < -0.4 is 22.1 Å². The van der Waals surface area contributed by atoms with Gasteiger partial charge in [0.05, 0.1) is 0 Å². The lowest BCUT2D eigenvalue weighted by atomic mass is 9.86. The number of rotatable bonds is 6. The maximum atomic E-state index is 11.5. The van der Waals surface area contributed by atoms with E-state index in [0.29, 0.717) is 36.4 Å². The summed E-state index contributed by atoms with van der Waals surface area (Å²) in [6.45, 7) is 2.14. The molecule has 1 fully saturated rings. The summed E-state index contributed by atoms with van der Waals surface area (Å²) in [7, 11) is 0. The van der Waals surface area contributed by atoms with E-state index in [4.69, 9.17) is 26.9 Å². The Morgan fingerprint density at radius 3 is 2.68 bits per heavy atom. The smallest absolute Gasteiger partial charge is 0.341 e. The summed E-state index contributed by atoms with van der Waals surface area (Å²) in [6.07, 6.45) is 4.77. The highest BCUT2D eigenvalue weighted by Gasteiger charge is 2.46. The molecule has 8 heteroatoms. The van der Waals surface area contributed by atoms with Gasteiger partial charge >= 0.3 is 5.97 Å². The molecule has 1 heterocycles. The van der Waals surface area contributed by atoms with Crippen LogP contribution in [0.2, 0.25) is 0 Å². The van der Waals surface area contributed by atoms with Crippen LogP contribution in [0.5, 0.6) is 5.75 Å². The molecule has 0 unspecified atom stereocenters. The highest BCUT2D eigenvalue weighted by molar-refractivity contribution is 5.97. The molecule has 1 aromatic carbocycles. The van der Waals surface area contributed by atoms with E-state index < -0.39 is 17.7 Å². The summed E-state index contributed by atoms with van der Waals surface area (Å²) < 4.78 is 5.87. The lowest BCUT2D eigenvalue weighted by molar-refractivity contribution is -0.179. The van der Waals surface area contributed by atoms with Gasteiger partial charge in [-0.25, -0.2) is 10.7 Å². The summed E-state index contributed by atoms with van der Waals surface area (Å²) >= 11 is 0. The predicted octanol–water partition coefficient (Wildman–Crippen LogP) is 1.34. The third kappa shape index (κ3) is 4.29. The van der Waals surface area contributed by atoms with Crippen LogP contribution in [0, 0.1) is 5.92 Å². The van der Waals surface area contributed by atoms with Crippen LogP contribution in [0.25, 0.3) is 0 Å². The lowest BCUT2D eigenvalue weighted by Crippen LogP contribution is -2.54. The number of hydrogen-bond acceptors (Lipinski definition) is 6. The Kier molecular flexibility index (Phi) is 6.22. The minimum atomic E-state index is -1.60. The van der Waals surface area contributed by atoms with E-state index in [0.717, 1.165) is 43.4 Å². The molecule has 7 N–H and O–H groups in total. The zero-order valence-corrected chi connectivity index (χ0v) is 16.3. The first-order chi connectivity index (χ1) is 13.3. The number of fused-ring (bicyclic) bond motifs is 1. The minimum absolute atomic E-state index is 0.328. The van der Waals surface area contributed by atoms with Gasteiger partial charge in [0.25, 0.3) is 0 Å². The number of amidine groups is 1. The van der Waals surface area contributed by atoms with Gasteiger partial charge in [-0.2, -0.15) is 0 Å². The van der Waals surface area contributed by atoms with Gasteiger partial charge in [-0.15, -0.1) is 0 Å². The molecule has 1 aliphatic carbocycles. The normalized spacial score (nSPS) is 27.4. The maximum Gasteiger partial charge on any atom is 0.341 e. The van der Waals surface area contributed by atoms with Crippen molar-refractivity contribution in [3.63, 3.8) is 0 Å². The van der Waals surface area contributed by atoms with Crippen molar-refractivity contribution in [2.75, 3.05) is 6.54 Å². The van der Waals surface area contributed by atoms with Gasteiger partial charge in [0.15, 0.2) is 0 Å². The van der Waals surface area contributed by atoms with Crippen molar-refractivity contribution >= 4 is 11.8 Å². The summed E-state index contributed by atoms with van der Waals surface area (Å²) in [5, 5.41) is 9.41. The average molecular weight is 390 g/mol. The van der Waals surface area contributed by atoms with E-state index in [2.05, 4.69) is 4.99 Å². The van der Waals surface area contributed by atoms with Crippen molar-refractivity contribution in [1.82, 2.24) is 0 Å². The monoisotopic (exact) mass is 390 g/mol. The number of benzene rings is 1. The Morgan fingerprint density at radius 1 is 1.32 bits per heavy atom. The maximum absolute atomic E-state index is 11.5. The number of nitrogens with zero attached hydrogens (tertiary/aromatic N) is 1. The molecule has 0 radical (unpaired) electrons. The number of aliphatic imine (C=N–C) groups is 1. The van der Waals surface area contributed by atoms with E-state index in [1.807, 2.05) is 12.1 Å². The van der Waals surface area contributed by atoms with Gasteiger partial charge in [0.2, 0.25) is 5.60 Å². The van der Waals surface area contributed by atoms with Crippen molar-refractivity contribution in [2.24, 2.45) is 28.3 Å². The third-order valence-electron chi connectivity index (χ3n) is 6.00. The highest BCUT2D eigenvalue weighted by Crippen LogP contribution is 2.33. The molecule has 3 rings (SSSR count). The molecule has 1 saturated carbocycles. The number of ether oxygens (including phenoxy) is 1. The summed E-state index contributed by atoms with van der Waals surface area (Å²) in [5.74, 6) is 5.76. The summed E-state index contributed by atoms with van der Waals surface area (Å²) in [5.41, 5.74) is 12.4. The van der Waals surface area contributed by atoms with Crippen molar-refractivity contribution in [3.05, 3.63) is 29.3 Å². The molecule has 1 aromatic rings. The highest BCUT2D eigenvalue weighted by atomic mass is 16.7. The minimum Gasteiger partial charge on any atom is -0.486 e. The summed E-state index contributed by atoms with van der Waals surface area (Å²) in [6, 6.07) is 5.94. The standard InChI is InChI=1S/C20H30N4O4/c1-20(28-23,19(25)26)17-9-5-13-10-14(4-8-16(13)27-17)18(22)24-11-12-2-6-15(21)7-3-12/h4,8,10,12,15,17H,2-3,5-7,9,11,21,23H2,1H3,(H2,22,24)(H,25,26)/t12?,15?,17-,20+/m1/s1. The molecular formula is C20H30N4O4. The second kappa shape index (κ2) is 8.46. The zero-order chi connectivity index (χ0) is 20.3. The molecular weight excluding hydrogens is 360 g/mol. The molecule has 0 bridgehead atoms. The number of hydrogen-bond donors (Lipinski definition) is 4. The quantitative estimate of drug-likeness (QED) is 0.325. The molecule has 0 aromatic heterocycles. The molecule has 0 saturated heterocycles. The molecule has 8 nitrogen and oxygen atoms in total. The van der Waals surface area contributed by atoms with Crippen LogP contribution in [0.1, 0.15) is 50.2 Å². The van der Waals surface area contributed by atoms with Crippen molar-refractivity contribution < 1.29 is 19.5 Å². The number of carboxylic acids is 1. The fourth-order valence-electron chi connectivity index (χ4n) is 3.89. The second-order valence-electron chi connectivity index (χ2n) is 8.00. The number of carboxylic acid groups (broad SMARTS) is 1. The molecule has 0 spiro atoms. The first-order valence-electron chi connectivity index (χ1n) is 9.80. The summed E-state index contributed by atoms with van der Waals surface area (Å²) in [4.78, 5) is 20.8. The van der Waals surface area contributed by atoms with Crippen molar-refractivity contribution in [2.45, 2.75) is 63.2 Å². The number of nitrogens with two attached hydrogens (primary N) is 3. The van der Waals surface area contributed by atoms with E-state index in [1.165, 1.54) is 6.92 Å². The molecule has 1 aliphatic heterocycles. The Balaban J connectivity index is 1.67. The largest absolute Gasteiger partial charge is 0.486 e. The Hall–Kier alpha value is -2.16. The Morgan fingerprint density at radius 2 is 2.04 bits per heavy atom. The third-order valence-corrected chi connectivity index (χ3v) is 6.00. The topological polar surface area (TPSA) is 146 Å². The van der Waals surface area contributed by atoms with Crippen molar-refractivity contribution in [3.8, 4) is 5.75 Å². The van der Waals surface area contributed by atoms with Gasteiger partial charge in [-0.1, -0.05) is 0 Å². The van der Waals surface area contributed by atoms with E-state index in [-0.39, 0.29) is 0 Å². The number of aryl methyl sites for hydroxylation is 1. The number of carbonyl (C=O) groups is 1. The second-order valence-corrected chi connectivity index (χ2v) is 8.00. The molecule has 2 atom stereocenters. The fourth-order valence-corrected chi connectivity index (χ4v) is 3.89. The molecule has 0 amide bonds. The van der Waals surface area contributed by atoms with E-state index in [1.54, 1.807) is 6.07 Å². The van der Waals surface area contributed by atoms with Gasteiger partial charge in [-0.3, -0.25) is 9.83 Å². The van der Waals surface area contributed by atoms with E-state index in [9.17, 15) is 9.90 Å². The predicted molar refractivity (Wildman–Crippen MR) is 106 cm³/mol. The van der Waals surface area contributed by atoms with Crippen LogP contribution in [-0.4, -0.2) is 41.2 Å². The Labute approximate surface area is 165 Å². The fraction of sp³-hybridized carbons (Fsp3) is 0.600. The van der Waals surface area contributed by atoms with Gasteiger partial charge < -0.3 is 21.3 Å². The first kappa shape index (κ1) is 20.6. The Bertz CT molecular complexity index is 746. The van der Waals surface area contributed by atoms with Gasteiger partial charge in [0, 0.05) is 18.2 Å². The molecule has 2 aliphatic rings. The number of aliphatic carboxylic acids is 1. The zero-order valence-electron chi connectivity index (χ0n) is 16.3. The molecule has 28 heavy (non-hydrogen) atoms. The van der Waals surface area contributed by atoms with Crippen molar-refractivity contribution in [1.29, 1.82) is 0 Å². The van der Waals surface area contributed by atoms with Crippen LogP contribution >= 0.6 is 0 Å². The van der Waals surface area contributed by atoms with Crippen LogP contribution in [-0.2, 0) is 16.1 Å². The van der Waals surface area contributed by atoms with Crippen LogP contribution in [0.15, 0.2) is 23.2 Å². The van der Waals surface area contributed by atoms with Gasteiger partial charge in [-0.05, 0) is 75.1 Å². The average Bonchev–Trinajstić information content (AvgIpc) is 2.71. The first-order valence-corrected chi connectivity index (χ1v) is 9.80. The van der Waals surface area contributed by atoms with Crippen LogP contribution in [0.3, 0.4) is 0 Å². The van der Waals surface area contributed by atoms with Gasteiger partial charge in [0.1, 0.15) is 17.7 Å².